The van der Waals surface area contributed by atoms with E-state index in [1.165, 1.54) is 0 Å². The molecule has 132 valence electrons. The topological polar surface area (TPSA) is 79.8 Å². The van der Waals surface area contributed by atoms with Crippen LogP contribution in [0.3, 0.4) is 0 Å². The Hall–Kier alpha value is -1.67. The SMILES string of the molecule is O=C(COc1cccnc1)N1CCN(C2CCS(=O)(=O)CC2)CC1. The van der Waals surface area contributed by atoms with Gasteiger partial charge in [-0.25, -0.2) is 8.42 Å². The number of ether oxygens (including phenoxy) is 1. The van der Waals surface area contributed by atoms with E-state index in [2.05, 4.69) is 9.88 Å². The van der Waals surface area contributed by atoms with E-state index < -0.39 is 9.84 Å². The molecule has 7 nitrogen and oxygen atoms in total. The predicted molar refractivity (Wildman–Crippen MR) is 89.6 cm³/mol. The molecule has 1 amide bonds. The third-order valence-electron chi connectivity index (χ3n) is 4.70. The summed E-state index contributed by atoms with van der Waals surface area (Å²) >= 11 is 0. The number of nitrogens with zero attached hydrogens (tertiary/aromatic N) is 3. The van der Waals surface area contributed by atoms with Gasteiger partial charge in [-0.05, 0) is 25.0 Å². The Labute approximate surface area is 142 Å². The second-order valence-electron chi connectivity index (χ2n) is 6.28. The summed E-state index contributed by atoms with van der Waals surface area (Å²) in [6.45, 7) is 2.94. The third-order valence-corrected chi connectivity index (χ3v) is 6.42. The first-order valence-corrected chi connectivity index (χ1v) is 10.1. The van der Waals surface area contributed by atoms with E-state index in [1.54, 1.807) is 24.5 Å². The smallest absolute Gasteiger partial charge is 0.260 e. The minimum Gasteiger partial charge on any atom is -0.482 e. The molecule has 1 aromatic rings. The molecule has 2 fully saturated rings. The van der Waals surface area contributed by atoms with Crippen molar-refractivity contribution in [3.8, 4) is 5.75 Å². The molecule has 3 heterocycles. The molecule has 3 rings (SSSR count). The van der Waals surface area contributed by atoms with Crippen molar-refractivity contribution in [3.63, 3.8) is 0 Å². The highest BCUT2D eigenvalue weighted by Crippen LogP contribution is 2.19. The molecule has 0 aromatic carbocycles. The van der Waals surface area contributed by atoms with Crippen LogP contribution < -0.4 is 4.74 Å². The summed E-state index contributed by atoms with van der Waals surface area (Å²) in [5.74, 6) is 1.14. The van der Waals surface area contributed by atoms with Gasteiger partial charge in [0.15, 0.2) is 6.61 Å². The van der Waals surface area contributed by atoms with Crippen molar-refractivity contribution in [1.29, 1.82) is 0 Å². The number of pyridine rings is 1. The van der Waals surface area contributed by atoms with Crippen LogP contribution in [0.15, 0.2) is 24.5 Å². The van der Waals surface area contributed by atoms with Crippen LogP contribution in [-0.2, 0) is 14.6 Å². The molecule has 0 radical (unpaired) electrons. The van der Waals surface area contributed by atoms with Gasteiger partial charge in [0.1, 0.15) is 15.6 Å². The number of carbonyl (C=O) groups is 1. The van der Waals surface area contributed by atoms with Crippen LogP contribution >= 0.6 is 0 Å². The Bertz CT molecular complexity index is 643. The summed E-state index contributed by atoms with van der Waals surface area (Å²) in [5.41, 5.74) is 0. The van der Waals surface area contributed by atoms with Crippen LogP contribution in [0.1, 0.15) is 12.8 Å². The van der Waals surface area contributed by atoms with Crippen molar-refractivity contribution in [1.82, 2.24) is 14.8 Å². The molecular formula is C16H23N3O4S. The van der Waals surface area contributed by atoms with Crippen molar-refractivity contribution in [2.75, 3.05) is 44.3 Å². The first kappa shape index (κ1) is 17.2. The Morgan fingerprint density at radius 3 is 2.54 bits per heavy atom. The summed E-state index contributed by atoms with van der Waals surface area (Å²) in [4.78, 5) is 20.3. The van der Waals surface area contributed by atoms with Gasteiger partial charge in [-0.3, -0.25) is 14.7 Å². The number of sulfone groups is 1. The van der Waals surface area contributed by atoms with Gasteiger partial charge in [-0.15, -0.1) is 0 Å². The lowest BCUT2D eigenvalue weighted by Crippen LogP contribution is -2.54. The zero-order chi connectivity index (χ0) is 17.0. The molecule has 24 heavy (non-hydrogen) atoms. The van der Waals surface area contributed by atoms with Crippen LogP contribution in [0.2, 0.25) is 0 Å². The molecule has 2 aliphatic rings. The van der Waals surface area contributed by atoms with Crippen LogP contribution in [0, 0.1) is 0 Å². The monoisotopic (exact) mass is 353 g/mol. The van der Waals surface area contributed by atoms with Crippen molar-refractivity contribution in [3.05, 3.63) is 24.5 Å². The van der Waals surface area contributed by atoms with E-state index in [4.69, 9.17) is 4.74 Å². The Kier molecular flexibility index (Phi) is 5.35. The molecule has 0 atom stereocenters. The summed E-state index contributed by atoms with van der Waals surface area (Å²) in [6, 6.07) is 3.87. The molecule has 2 saturated heterocycles. The molecular weight excluding hydrogens is 330 g/mol. The van der Waals surface area contributed by atoms with E-state index in [0.29, 0.717) is 37.7 Å². The van der Waals surface area contributed by atoms with Gasteiger partial charge in [0.2, 0.25) is 0 Å². The fourth-order valence-electron chi connectivity index (χ4n) is 3.25. The summed E-state index contributed by atoms with van der Waals surface area (Å²) in [5, 5.41) is 0. The maximum atomic E-state index is 12.2. The molecule has 0 saturated carbocycles. The molecule has 8 heteroatoms. The van der Waals surface area contributed by atoms with Crippen molar-refractivity contribution in [2.45, 2.75) is 18.9 Å². The molecule has 0 spiro atoms. The minimum atomic E-state index is -2.83. The number of piperazine rings is 1. The molecule has 0 N–H and O–H groups in total. The number of rotatable bonds is 4. The van der Waals surface area contributed by atoms with Gasteiger partial charge < -0.3 is 9.64 Å². The maximum absolute atomic E-state index is 12.2. The highest BCUT2D eigenvalue weighted by molar-refractivity contribution is 7.91. The third kappa shape index (κ3) is 4.45. The van der Waals surface area contributed by atoms with Gasteiger partial charge in [0.05, 0.1) is 17.7 Å². The molecule has 1 aromatic heterocycles. The van der Waals surface area contributed by atoms with Crippen molar-refractivity contribution >= 4 is 15.7 Å². The summed E-state index contributed by atoms with van der Waals surface area (Å²) in [7, 11) is -2.83. The number of hydrogen-bond acceptors (Lipinski definition) is 6. The zero-order valence-electron chi connectivity index (χ0n) is 13.6. The number of amides is 1. The average Bonchev–Trinajstić information content (AvgIpc) is 2.61. The van der Waals surface area contributed by atoms with Gasteiger partial charge in [-0.1, -0.05) is 0 Å². The van der Waals surface area contributed by atoms with Crippen LogP contribution in [0.5, 0.6) is 5.75 Å². The Morgan fingerprint density at radius 2 is 1.92 bits per heavy atom. The van der Waals surface area contributed by atoms with Crippen LogP contribution in [0.4, 0.5) is 0 Å². The Morgan fingerprint density at radius 1 is 1.21 bits per heavy atom. The Balaban J connectivity index is 1.42. The lowest BCUT2D eigenvalue weighted by atomic mass is 10.1. The highest BCUT2D eigenvalue weighted by atomic mass is 32.2. The lowest BCUT2D eigenvalue weighted by Gasteiger charge is -2.40. The molecule has 0 bridgehead atoms. The van der Waals surface area contributed by atoms with Gasteiger partial charge in [-0.2, -0.15) is 0 Å². The van der Waals surface area contributed by atoms with Gasteiger partial charge >= 0.3 is 0 Å². The van der Waals surface area contributed by atoms with Crippen LogP contribution in [-0.4, -0.2) is 79.4 Å². The molecule has 2 aliphatic heterocycles. The van der Waals surface area contributed by atoms with E-state index >= 15 is 0 Å². The highest BCUT2D eigenvalue weighted by Gasteiger charge is 2.30. The second kappa shape index (κ2) is 7.48. The van der Waals surface area contributed by atoms with Crippen molar-refractivity contribution in [2.24, 2.45) is 0 Å². The number of carbonyl (C=O) groups excluding carboxylic acids is 1. The van der Waals surface area contributed by atoms with E-state index in [0.717, 1.165) is 13.1 Å². The average molecular weight is 353 g/mol. The minimum absolute atomic E-state index is 0.0212. The molecule has 0 aliphatic carbocycles. The van der Waals surface area contributed by atoms with Gasteiger partial charge in [0, 0.05) is 38.4 Å². The fourth-order valence-corrected chi connectivity index (χ4v) is 4.71. The standard InChI is InChI=1S/C16H23N3O4S/c20-16(13-23-15-2-1-5-17-12-15)19-8-6-18(7-9-19)14-3-10-24(21,22)11-4-14/h1-2,5,12,14H,3-4,6-11,13H2. The van der Waals surface area contributed by atoms with E-state index in [9.17, 15) is 13.2 Å². The van der Waals surface area contributed by atoms with Gasteiger partial charge in [0.25, 0.3) is 5.91 Å². The predicted octanol–water partition coefficient (Wildman–Crippen LogP) is 0.182. The van der Waals surface area contributed by atoms with Crippen LogP contribution in [0.25, 0.3) is 0 Å². The molecule has 0 unspecified atom stereocenters. The fraction of sp³-hybridized carbons (Fsp3) is 0.625. The van der Waals surface area contributed by atoms with E-state index in [-0.39, 0.29) is 24.0 Å². The first-order valence-electron chi connectivity index (χ1n) is 8.28. The number of aromatic nitrogens is 1. The quantitative estimate of drug-likeness (QED) is 0.768. The lowest BCUT2D eigenvalue weighted by molar-refractivity contribution is -0.135. The zero-order valence-corrected chi connectivity index (χ0v) is 14.5. The number of hydrogen-bond donors (Lipinski definition) is 0. The second-order valence-corrected chi connectivity index (χ2v) is 8.58. The maximum Gasteiger partial charge on any atom is 0.260 e. The summed E-state index contributed by atoms with van der Waals surface area (Å²) in [6.07, 6.45) is 4.66. The van der Waals surface area contributed by atoms with E-state index in [1.807, 2.05) is 4.90 Å². The first-order chi connectivity index (χ1) is 11.5. The normalized spacial score (nSPS) is 22.2. The van der Waals surface area contributed by atoms with Crippen molar-refractivity contribution < 1.29 is 17.9 Å². The summed E-state index contributed by atoms with van der Waals surface area (Å²) < 4.78 is 28.5. The largest absolute Gasteiger partial charge is 0.482 e.